The first-order chi connectivity index (χ1) is 6.13. The summed E-state index contributed by atoms with van der Waals surface area (Å²) in [7, 11) is 0. The summed E-state index contributed by atoms with van der Waals surface area (Å²) < 4.78 is 0. The van der Waals surface area contributed by atoms with E-state index in [0.29, 0.717) is 0 Å². The predicted octanol–water partition coefficient (Wildman–Crippen LogP) is 3.42. The molecule has 0 aliphatic heterocycles. The average molecular weight is 173 g/mol. The highest BCUT2D eigenvalue weighted by Crippen LogP contribution is 2.13. The molecule has 0 amide bonds. The molecule has 1 rings (SSSR count). The Morgan fingerprint density at radius 3 is 2.69 bits per heavy atom. The second-order valence-corrected chi connectivity index (χ2v) is 3.17. The Bertz CT molecular complexity index is 338. The molecule has 0 saturated heterocycles. The summed E-state index contributed by atoms with van der Waals surface area (Å²) in [5.74, 6) is 0. The SMILES string of the molecule is C=C1C=C(C)C=CC1=N/C(C)=C\C. The van der Waals surface area contributed by atoms with Gasteiger partial charge in [0.25, 0.3) is 0 Å². The fraction of sp³-hybridized carbons (Fsp3) is 0.250. The molecular formula is C12H15N. The van der Waals surface area contributed by atoms with Crippen LogP contribution in [0.5, 0.6) is 0 Å². The number of nitrogens with zero attached hydrogens (tertiary/aromatic N) is 1. The van der Waals surface area contributed by atoms with Crippen LogP contribution < -0.4 is 0 Å². The van der Waals surface area contributed by atoms with E-state index in [4.69, 9.17) is 0 Å². The molecule has 0 aromatic carbocycles. The molecule has 0 saturated carbocycles. The van der Waals surface area contributed by atoms with E-state index < -0.39 is 0 Å². The van der Waals surface area contributed by atoms with Gasteiger partial charge in [-0.1, -0.05) is 30.4 Å². The Morgan fingerprint density at radius 2 is 2.15 bits per heavy atom. The van der Waals surface area contributed by atoms with E-state index in [2.05, 4.69) is 24.6 Å². The lowest BCUT2D eigenvalue weighted by atomic mass is 10.0. The Balaban J connectivity index is 2.93. The van der Waals surface area contributed by atoms with Gasteiger partial charge >= 0.3 is 0 Å². The lowest BCUT2D eigenvalue weighted by Crippen LogP contribution is -2.00. The average Bonchev–Trinajstić information content (AvgIpc) is 2.09. The van der Waals surface area contributed by atoms with Crippen LogP contribution in [0.3, 0.4) is 0 Å². The third-order valence-electron chi connectivity index (χ3n) is 1.95. The van der Waals surface area contributed by atoms with Gasteiger partial charge in [0.2, 0.25) is 0 Å². The van der Waals surface area contributed by atoms with Crippen LogP contribution in [-0.4, -0.2) is 5.71 Å². The van der Waals surface area contributed by atoms with E-state index in [9.17, 15) is 0 Å². The van der Waals surface area contributed by atoms with Crippen LogP contribution in [0, 0.1) is 0 Å². The molecule has 0 unspecified atom stereocenters. The third-order valence-corrected chi connectivity index (χ3v) is 1.95. The van der Waals surface area contributed by atoms with Gasteiger partial charge in [-0.25, -0.2) is 0 Å². The number of allylic oxidation sites excluding steroid dienone is 7. The molecule has 0 fully saturated rings. The third kappa shape index (κ3) is 2.55. The maximum absolute atomic E-state index is 4.42. The lowest BCUT2D eigenvalue weighted by Gasteiger charge is -2.07. The molecule has 1 heteroatoms. The number of rotatable bonds is 1. The monoisotopic (exact) mass is 173 g/mol. The minimum atomic E-state index is 0.959. The first kappa shape index (κ1) is 9.72. The van der Waals surface area contributed by atoms with E-state index in [1.807, 2.05) is 32.1 Å². The van der Waals surface area contributed by atoms with Gasteiger partial charge in [0, 0.05) is 5.70 Å². The standard InChI is InChI=1S/C12H15N/c1-5-11(4)13-12-7-6-9(2)8-10(12)3/h5-8H,3H2,1-2,4H3/b11-5-,13-12?. The largest absolute Gasteiger partial charge is 0.254 e. The van der Waals surface area contributed by atoms with Crippen LogP contribution in [0.4, 0.5) is 0 Å². The van der Waals surface area contributed by atoms with Gasteiger partial charge in [0.1, 0.15) is 0 Å². The van der Waals surface area contributed by atoms with Crippen LogP contribution in [0.15, 0.2) is 52.7 Å². The Kier molecular flexibility index (Phi) is 3.02. The van der Waals surface area contributed by atoms with Crippen LogP contribution in [0.2, 0.25) is 0 Å². The lowest BCUT2D eigenvalue weighted by molar-refractivity contribution is 1.28. The molecular weight excluding hydrogens is 158 g/mol. The maximum Gasteiger partial charge on any atom is 0.0699 e. The zero-order valence-corrected chi connectivity index (χ0v) is 8.46. The van der Waals surface area contributed by atoms with Crippen LogP contribution >= 0.6 is 0 Å². The molecule has 0 N–H and O–H groups in total. The van der Waals surface area contributed by atoms with E-state index >= 15 is 0 Å². The fourth-order valence-electron chi connectivity index (χ4n) is 1.08. The van der Waals surface area contributed by atoms with E-state index in [1.165, 1.54) is 5.57 Å². The highest BCUT2D eigenvalue weighted by molar-refractivity contribution is 6.11. The minimum Gasteiger partial charge on any atom is -0.254 e. The second kappa shape index (κ2) is 4.04. The van der Waals surface area contributed by atoms with Gasteiger partial charge in [-0.15, -0.1) is 0 Å². The van der Waals surface area contributed by atoms with Crippen LogP contribution in [-0.2, 0) is 0 Å². The smallest absolute Gasteiger partial charge is 0.0699 e. The van der Waals surface area contributed by atoms with Crippen molar-refractivity contribution in [3.63, 3.8) is 0 Å². The Hall–Kier alpha value is -1.37. The van der Waals surface area contributed by atoms with Gasteiger partial charge in [0.05, 0.1) is 5.71 Å². The summed E-state index contributed by atoms with van der Waals surface area (Å²) in [5.41, 5.74) is 4.19. The van der Waals surface area contributed by atoms with Crippen molar-refractivity contribution in [2.45, 2.75) is 20.8 Å². The summed E-state index contributed by atoms with van der Waals surface area (Å²) >= 11 is 0. The van der Waals surface area contributed by atoms with Crippen molar-refractivity contribution in [3.8, 4) is 0 Å². The van der Waals surface area contributed by atoms with E-state index in [-0.39, 0.29) is 0 Å². The van der Waals surface area contributed by atoms with Crippen molar-refractivity contribution in [2.24, 2.45) is 4.99 Å². The topological polar surface area (TPSA) is 12.4 Å². The summed E-state index contributed by atoms with van der Waals surface area (Å²) in [5, 5.41) is 0. The molecule has 1 nitrogen and oxygen atoms in total. The molecule has 0 spiro atoms. The summed E-state index contributed by atoms with van der Waals surface area (Å²) in [4.78, 5) is 4.42. The summed E-state index contributed by atoms with van der Waals surface area (Å²) in [6.07, 6.45) is 8.09. The van der Waals surface area contributed by atoms with Gasteiger partial charge in [0.15, 0.2) is 0 Å². The first-order valence-corrected chi connectivity index (χ1v) is 4.40. The van der Waals surface area contributed by atoms with E-state index in [1.54, 1.807) is 0 Å². The molecule has 0 radical (unpaired) electrons. The summed E-state index contributed by atoms with van der Waals surface area (Å²) in [6.45, 7) is 9.97. The number of hydrogen-bond acceptors (Lipinski definition) is 1. The minimum absolute atomic E-state index is 0.959. The predicted molar refractivity (Wildman–Crippen MR) is 58.9 cm³/mol. The normalized spacial score (nSPS) is 20.8. The van der Waals surface area contributed by atoms with Crippen molar-refractivity contribution in [3.05, 3.63) is 47.7 Å². The number of hydrogen-bond donors (Lipinski definition) is 0. The van der Waals surface area contributed by atoms with Crippen molar-refractivity contribution in [2.75, 3.05) is 0 Å². The van der Waals surface area contributed by atoms with Gasteiger partial charge < -0.3 is 0 Å². The van der Waals surface area contributed by atoms with Crippen molar-refractivity contribution >= 4 is 5.71 Å². The van der Waals surface area contributed by atoms with Crippen molar-refractivity contribution in [1.29, 1.82) is 0 Å². The maximum atomic E-state index is 4.42. The first-order valence-electron chi connectivity index (χ1n) is 4.40. The molecule has 0 atom stereocenters. The fourth-order valence-corrected chi connectivity index (χ4v) is 1.08. The molecule has 0 aromatic heterocycles. The molecule has 13 heavy (non-hydrogen) atoms. The van der Waals surface area contributed by atoms with Gasteiger partial charge in [-0.3, -0.25) is 4.99 Å². The highest BCUT2D eigenvalue weighted by Gasteiger charge is 2.03. The molecule has 0 bridgehead atoms. The zero-order chi connectivity index (χ0) is 9.84. The number of aliphatic imine (C=N–C) groups is 1. The second-order valence-electron chi connectivity index (χ2n) is 3.17. The van der Waals surface area contributed by atoms with Crippen LogP contribution in [0.25, 0.3) is 0 Å². The van der Waals surface area contributed by atoms with Crippen molar-refractivity contribution in [1.82, 2.24) is 0 Å². The zero-order valence-electron chi connectivity index (χ0n) is 8.46. The molecule has 1 aliphatic rings. The Labute approximate surface area is 79.9 Å². The molecule has 0 heterocycles. The molecule has 1 aliphatic carbocycles. The Morgan fingerprint density at radius 1 is 1.46 bits per heavy atom. The van der Waals surface area contributed by atoms with Crippen LogP contribution in [0.1, 0.15) is 20.8 Å². The quantitative estimate of drug-likeness (QED) is 0.576. The highest BCUT2D eigenvalue weighted by atomic mass is 14.7. The van der Waals surface area contributed by atoms with Gasteiger partial charge in [-0.2, -0.15) is 0 Å². The summed E-state index contributed by atoms with van der Waals surface area (Å²) in [6, 6.07) is 0. The van der Waals surface area contributed by atoms with E-state index in [0.717, 1.165) is 17.0 Å². The molecule has 0 aromatic rings. The van der Waals surface area contributed by atoms with Gasteiger partial charge in [-0.05, 0) is 32.4 Å². The van der Waals surface area contributed by atoms with Crippen molar-refractivity contribution < 1.29 is 0 Å². The molecule has 68 valence electrons.